The lowest BCUT2D eigenvalue weighted by molar-refractivity contribution is 0.0697. The molecule has 1 aromatic carbocycles. The van der Waals surface area contributed by atoms with Gasteiger partial charge in [0, 0.05) is 3.57 Å². The summed E-state index contributed by atoms with van der Waals surface area (Å²) in [7, 11) is 0. The van der Waals surface area contributed by atoms with Crippen molar-refractivity contribution in [2.45, 2.75) is 13.3 Å². The molecule has 1 rings (SSSR count). The van der Waals surface area contributed by atoms with E-state index in [1.807, 2.05) is 6.07 Å². The minimum Gasteiger partial charge on any atom is -0.478 e. The second-order valence-electron chi connectivity index (χ2n) is 2.46. The minimum absolute atomic E-state index is 0.358. The number of carboxylic acid groups (broad SMARTS) is 1. The van der Waals surface area contributed by atoms with E-state index < -0.39 is 5.97 Å². The summed E-state index contributed by atoms with van der Waals surface area (Å²) in [5.41, 5.74) is 1.55. The van der Waals surface area contributed by atoms with Crippen molar-refractivity contribution >= 4 is 28.6 Å². The molecule has 0 amide bonds. The molecule has 64 valence electrons. The van der Waals surface area contributed by atoms with E-state index in [1.165, 1.54) is 5.56 Å². The first-order chi connectivity index (χ1) is 5.65. The van der Waals surface area contributed by atoms with E-state index in [0.717, 1.165) is 9.99 Å². The Morgan fingerprint density at radius 3 is 2.67 bits per heavy atom. The van der Waals surface area contributed by atoms with Crippen LogP contribution in [0, 0.1) is 3.57 Å². The SMILES string of the molecule is CCc1ccc(C(=O)O)cc1I. The summed E-state index contributed by atoms with van der Waals surface area (Å²) in [4.78, 5) is 10.5. The van der Waals surface area contributed by atoms with E-state index >= 15 is 0 Å². The van der Waals surface area contributed by atoms with Gasteiger partial charge in [0.25, 0.3) is 0 Å². The highest BCUT2D eigenvalue weighted by atomic mass is 127. The Morgan fingerprint density at radius 1 is 1.58 bits per heavy atom. The Bertz CT molecular complexity index is 307. The van der Waals surface area contributed by atoms with E-state index in [-0.39, 0.29) is 0 Å². The predicted molar refractivity (Wildman–Crippen MR) is 55.5 cm³/mol. The summed E-state index contributed by atoms with van der Waals surface area (Å²) < 4.78 is 1.02. The lowest BCUT2D eigenvalue weighted by atomic mass is 10.1. The highest BCUT2D eigenvalue weighted by Gasteiger charge is 2.04. The molecule has 0 aliphatic rings. The highest BCUT2D eigenvalue weighted by molar-refractivity contribution is 14.1. The molecule has 0 radical (unpaired) electrons. The number of carbonyl (C=O) groups is 1. The average molecular weight is 276 g/mol. The van der Waals surface area contributed by atoms with Crippen molar-refractivity contribution in [3.05, 3.63) is 32.9 Å². The topological polar surface area (TPSA) is 37.3 Å². The van der Waals surface area contributed by atoms with Crippen molar-refractivity contribution in [3.63, 3.8) is 0 Å². The van der Waals surface area contributed by atoms with Gasteiger partial charge in [-0.3, -0.25) is 0 Å². The molecule has 0 aliphatic carbocycles. The fraction of sp³-hybridized carbons (Fsp3) is 0.222. The van der Waals surface area contributed by atoms with Gasteiger partial charge in [0.1, 0.15) is 0 Å². The third-order valence-corrected chi connectivity index (χ3v) is 2.69. The Hall–Kier alpha value is -0.580. The molecule has 0 atom stereocenters. The van der Waals surface area contributed by atoms with Gasteiger partial charge in [0.15, 0.2) is 0 Å². The quantitative estimate of drug-likeness (QED) is 0.843. The van der Waals surface area contributed by atoms with E-state index in [1.54, 1.807) is 12.1 Å². The van der Waals surface area contributed by atoms with Crippen LogP contribution in [-0.4, -0.2) is 11.1 Å². The van der Waals surface area contributed by atoms with Gasteiger partial charge in [-0.05, 0) is 46.7 Å². The summed E-state index contributed by atoms with van der Waals surface area (Å²) in [5.74, 6) is -0.865. The van der Waals surface area contributed by atoms with Gasteiger partial charge < -0.3 is 5.11 Å². The van der Waals surface area contributed by atoms with Gasteiger partial charge in [-0.15, -0.1) is 0 Å². The second-order valence-corrected chi connectivity index (χ2v) is 3.63. The average Bonchev–Trinajstić information content (AvgIpc) is 2.04. The molecule has 0 aromatic heterocycles. The molecule has 0 spiro atoms. The molecule has 3 heteroatoms. The van der Waals surface area contributed by atoms with Crippen LogP contribution in [0.15, 0.2) is 18.2 Å². The van der Waals surface area contributed by atoms with Crippen LogP contribution in [0.2, 0.25) is 0 Å². The van der Waals surface area contributed by atoms with Crippen LogP contribution >= 0.6 is 22.6 Å². The number of aromatic carboxylic acids is 1. The summed E-state index contributed by atoms with van der Waals surface area (Å²) in [5, 5.41) is 8.67. The number of carboxylic acids is 1. The second kappa shape index (κ2) is 3.89. The van der Waals surface area contributed by atoms with E-state index in [9.17, 15) is 4.79 Å². The van der Waals surface area contributed by atoms with Gasteiger partial charge >= 0.3 is 5.97 Å². The fourth-order valence-electron chi connectivity index (χ4n) is 0.967. The van der Waals surface area contributed by atoms with Gasteiger partial charge in [0.05, 0.1) is 5.56 Å². The van der Waals surface area contributed by atoms with Crippen LogP contribution in [0.1, 0.15) is 22.8 Å². The maximum absolute atomic E-state index is 10.5. The first-order valence-corrected chi connectivity index (χ1v) is 4.74. The minimum atomic E-state index is -0.865. The first-order valence-electron chi connectivity index (χ1n) is 3.67. The van der Waals surface area contributed by atoms with Crippen LogP contribution in [0.4, 0.5) is 0 Å². The molecule has 1 N–H and O–H groups in total. The lowest BCUT2D eigenvalue weighted by Crippen LogP contribution is -1.97. The fourth-order valence-corrected chi connectivity index (χ4v) is 1.86. The molecule has 2 nitrogen and oxygen atoms in total. The number of hydrogen-bond donors (Lipinski definition) is 1. The van der Waals surface area contributed by atoms with Crippen molar-refractivity contribution in [2.75, 3.05) is 0 Å². The van der Waals surface area contributed by atoms with Crippen molar-refractivity contribution in [1.82, 2.24) is 0 Å². The summed E-state index contributed by atoms with van der Waals surface area (Å²) in [6, 6.07) is 5.20. The predicted octanol–water partition coefficient (Wildman–Crippen LogP) is 2.55. The van der Waals surface area contributed by atoms with Crippen LogP contribution in [0.25, 0.3) is 0 Å². The zero-order valence-electron chi connectivity index (χ0n) is 6.67. The molecule has 0 bridgehead atoms. The first kappa shape index (κ1) is 9.51. The van der Waals surface area contributed by atoms with Crippen LogP contribution in [0.5, 0.6) is 0 Å². The van der Waals surface area contributed by atoms with E-state index in [2.05, 4.69) is 29.5 Å². The normalized spacial score (nSPS) is 9.83. The number of hydrogen-bond acceptors (Lipinski definition) is 1. The third-order valence-electron chi connectivity index (χ3n) is 1.68. The molecule has 0 heterocycles. The Morgan fingerprint density at radius 2 is 2.25 bits per heavy atom. The lowest BCUT2D eigenvalue weighted by Gasteiger charge is -2.01. The molecular formula is C9H9IO2. The van der Waals surface area contributed by atoms with Crippen LogP contribution < -0.4 is 0 Å². The van der Waals surface area contributed by atoms with Crippen molar-refractivity contribution < 1.29 is 9.90 Å². The molecule has 1 aromatic rings. The largest absolute Gasteiger partial charge is 0.478 e. The van der Waals surface area contributed by atoms with Crippen molar-refractivity contribution in [2.24, 2.45) is 0 Å². The van der Waals surface area contributed by atoms with E-state index in [4.69, 9.17) is 5.11 Å². The maximum Gasteiger partial charge on any atom is 0.335 e. The monoisotopic (exact) mass is 276 g/mol. The zero-order valence-corrected chi connectivity index (χ0v) is 8.83. The molecule has 0 saturated carbocycles. The van der Waals surface area contributed by atoms with Gasteiger partial charge in [-0.2, -0.15) is 0 Å². The molecule has 0 aliphatic heterocycles. The zero-order chi connectivity index (χ0) is 9.14. The molecule has 12 heavy (non-hydrogen) atoms. The van der Waals surface area contributed by atoms with Gasteiger partial charge in [-0.1, -0.05) is 13.0 Å². The number of benzene rings is 1. The van der Waals surface area contributed by atoms with Crippen LogP contribution in [0.3, 0.4) is 0 Å². The smallest absolute Gasteiger partial charge is 0.335 e. The standard InChI is InChI=1S/C9H9IO2/c1-2-6-3-4-7(9(11)12)5-8(6)10/h3-5H,2H2,1H3,(H,11,12). The van der Waals surface area contributed by atoms with E-state index in [0.29, 0.717) is 5.56 Å². The van der Waals surface area contributed by atoms with Gasteiger partial charge in [0.2, 0.25) is 0 Å². The molecule has 0 saturated heterocycles. The maximum atomic E-state index is 10.5. The van der Waals surface area contributed by atoms with Crippen molar-refractivity contribution in [1.29, 1.82) is 0 Å². The third kappa shape index (κ3) is 1.97. The Kier molecular flexibility index (Phi) is 3.08. The van der Waals surface area contributed by atoms with Crippen LogP contribution in [-0.2, 0) is 6.42 Å². The summed E-state index contributed by atoms with van der Waals surface area (Å²) >= 11 is 2.16. The Labute approximate surface area is 84.7 Å². The summed E-state index contributed by atoms with van der Waals surface area (Å²) in [6.07, 6.45) is 0.943. The number of aryl methyl sites for hydroxylation is 1. The highest BCUT2D eigenvalue weighted by Crippen LogP contribution is 2.14. The number of halogens is 1. The number of rotatable bonds is 2. The summed E-state index contributed by atoms with van der Waals surface area (Å²) in [6.45, 7) is 2.05. The van der Waals surface area contributed by atoms with Crippen molar-refractivity contribution in [3.8, 4) is 0 Å². The Balaban J connectivity index is 3.10. The molecule has 0 fully saturated rings. The molecular weight excluding hydrogens is 267 g/mol. The molecule has 0 unspecified atom stereocenters. The van der Waals surface area contributed by atoms with Gasteiger partial charge in [-0.25, -0.2) is 4.79 Å².